The maximum atomic E-state index is 13.1. The van der Waals surface area contributed by atoms with Gasteiger partial charge in [-0.25, -0.2) is 0 Å². The minimum Gasteiger partial charge on any atom is -0.276 e. The first kappa shape index (κ1) is 23.8. The van der Waals surface area contributed by atoms with Crippen molar-refractivity contribution in [3.8, 4) is 0 Å². The molecular formula is C23H23ClN6O3S. The summed E-state index contributed by atoms with van der Waals surface area (Å²) in [6.45, 7) is 2.65. The van der Waals surface area contributed by atoms with Gasteiger partial charge < -0.3 is 0 Å². The summed E-state index contributed by atoms with van der Waals surface area (Å²) in [7, 11) is 0. The fourth-order valence-corrected chi connectivity index (χ4v) is 4.38. The van der Waals surface area contributed by atoms with Crippen LogP contribution in [0.15, 0.2) is 58.5 Å². The molecule has 0 saturated carbocycles. The number of hydrazine groups is 1. The Balaban J connectivity index is 1.51. The van der Waals surface area contributed by atoms with Gasteiger partial charge in [0.2, 0.25) is 11.7 Å². The van der Waals surface area contributed by atoms with Gasteiger partial charge in [-0.2, -0.15) is 0 Å². The number of halogens is 1. The number of para-hydroxylation sites is 1. The number of thioether (sulfide) groups is 1. The molecule has 2 N–H and O–H groups in total. The molecule has 2 heterocycles. The average Bonchev–Trinajstić information content (AvgIpc) is 3.27. The van der Waals surface area contributed by atoms with E-state index in [0.29, 0.717) is 39.0 Å². The summed E-state index contributed by atoms with van der Waals surface area (Å²) in [5.74, 6) is -0.432. The van der Waals surface area contributed by atoms with Crippen molar-refractivity contribution in [1.82, 2.24) is 30.0 Å². The average molecular weight is 499 g/mol. The molecule has 0 aliphatic heterocycles. The van der Waals surface area contributed by atoms with Crippen molar-refractivity contribution in [3.63, 3.8) is 0 Å². The van der Waals surface area contributed by atoms with Gasteiger partial charge in [-0.1, -0.05) is 55.3 Å². The number of hydrogen-bond acceptors (Lipinski definition) is 6. The summed E-state index contributed by atoms with van der Waals surface area (Å²) in [6.07, 6.45) is 2.90. The molecule has 2 aromatic carbocycles. The molecule has 0 saturated heterocycles. The van der Waals surface area contributed by atoms with Gasteiger partial charge in [0.15, 0.2) is 5.16 Å². The van der Waals surface area contributed by atoms with E-state index in [9.17, 15) is 14.4 Å². The molecule has 2 aromatic heterocycles. The molecule has 0 spiro atoms. The van der Waals surface area contributed by atoms with Gasteiger partial charge in [-0.15, -0.1) is 10.2 Å². The third kappa shape index (κ3) is 5.07. The molecule has 34 heavy (non-hydrogen) atoms. The SMILES string of the molecule is CCCCCn1c(=O)c2ccccc2n2c(SCC(=O)NNC(=O)c3ccc(Cl)cc3)nnc12. The van der Waals surface area contributed by atoms with Crippen molar-refractivity contribution in [1.29, 1.82) is 0 Å². The predicted molar refractivity (Wildman–Crippen MR) is 132 cm³/mol. The minimum atomic E-state index is -0.454. The standard InChI is InChI=1S/C23H23ClN6O3S/c1-2-3-6-13-29-21(33)17-7-4-5-8-18(17)30-22(29)27-28-23(30)34-14-19(31)25-26-20(32)15-9-11-16(24)12-10-15/h4-5,7-12H,2-3,6,13-14H2,1H3,(H,25,31)(H,26,32). The summed E-state index contributed by atoms with van der Waals surface area (Å²) in [4.78, 5) is 37.6. The van der Waals surface area contributed by atoms with Crippen LogP contribution in [0.4, 0.5) is 0 Å². The van der Waals surface area contributed by atoms with Crippen LogP contribution in [0.25, 0.3) is 16.7 Å². The fraction of sp³-hybridized carbons (Fsp3) is 0.261. The van der Waals surface area contributed by atoms with E-state index >= 15 is 0 Å². The van der Waals surface area contributed by atoms with E-state index in [1.54, 1.807) is 39.3 Å². The summed E-state index contributed by atoms with van der Waals surface area (Å²) < 4.78 is 3.44. The molecule has 0 radical (unpaired) electrons. The second kappa shape index (κ2) is 10.7. The number of hydrogen-bond donors (Lipinski definition) is 2. The highest BCUT2D eigenvalue weighted by atomic mass is 35.5. The maximum Gasteiger partial charge on any atom is 0.269 e. The lowest BCUT2D eigenvalue weighted by Crippen LogP contribution is -2.42. The molecule has 4 aromatic rings. The molecular weight excluding hydrogens is 476 g/mol. The van der Waals surface area contributed by atoms with Crippen LogP contribution in [0.3, 0.4) is 0 Å². The zero-order valence-corrected chi connectivity index (χ0v) is 20.0. The van der Waals surface area contributed by atoms with Crippen molar-refractivity contribution in [2.45, 2.75) is 37.9 Å². The number of nitrogens with zero attached hydrogens (tertiary/aromatic N) is 4. The molecule has 0 aliphatic rings. The van der Waals surface area contributed by atoms with Crippen LogP contribution in [0, 0.1) is 0 Å². The first-order valence-corrected chi connectivity index (χ1v) is 12.2. The Bertz CT molecular complexity index is 1400. The van der Waals surface area contributed by atoms with Crippen LogP contribution in [0.5, 0.6) is 0 Å². The first-order valence-electron chi connectivity index (χ1n) is 10.8. The Morgan fingerprint density at radius 3 is 2.56 bits per heavy atom. The number of rotatable bonds is 8. The van der Waals surface area contributed by atoms with Crippen molar-refractivity contribution in [3.05, 3.63) is 69.5 Å². The quantitative estimate of drug-likeness (QED) is 0.219. The smallest absolute Gasteiger partial charge is 0.269 e. The monoisotopic (exact) mass is 498 g/mol. The number of nitrogens with one attached hydrogen (secondary N) is 2. The molecule has 0 bridgehead atoms. The van der Waals surface area contributed by atoms with Crippen molar-refractivity contribution >= 4 is 51.9 Å². The van der Waals surface area contributed by atoms with Gasteiger partial charge >= 0.3 is 0 Å². The van der Waals surface area contributed by atoms with Crippen molar-refractivity contribution in [2.75, 3.05) is 5.75 Å². The second-order valence-electron chi connectivity index (χ2n) is 7.60. The van der Waals surface area contributed by atoms with Gasteiger partial charge in [-0.3, -0.25) is 34.2 Å². The van der Waals surface area contributed by atoms with Gasteiger partial charge in [0, 0.05) is 17.1 Å². The maximum absolute atomic E-state index is 13.1. The Labute approximate surface area is 204 Å². The van der Waals surface area contributed by atoms with E-state index < -0.39 is 11.8 Å². The van der Waals surface area contributed by atoms with Crippen LogP contribution in [-0.4, -0.2) is 36.7 Å². The Morgan fingerprint density at radius 2 is 1.79 bits per heavy atom. The summed E-state index contributed by atoms with van der Waals surface area (Å²) >= 11 is 6.99. The van der Waals surface area contributed by atoms with Crippen LogP contribution in [0.2, 0.25) is 5.02 Å². The largest absolute Gasteiger partial charge is 0.276 e. The summed E-state index contributed by atoms with van der Waals surface area (Å²) in [5, 5.41) is 10.0. The third-order valence-corrected chi connectivity index (χ3v) is 6.40. The highest BCUT2D eigenvalue weighted by Gasteiger charge is 2.17. The first-order chi connectivity index (χ1) is 16.5. The number of aryl methyl sites for hydroxylation is 1. The topological polar surface area (TPSA) is 110 Å². The lowest BCUT2D eigenvalue weighted by atomic mass is 10.2. The van der Waals surface area contributed by atoms with Crippen LogP contribution in [0.1, 0.15) is 36.5 Å². The number of carbonyl (C=O) groups is 2. The number of benzene rings is 2. The molecule has 0 atom stereocenters. The molecule has 0 aliphatic carbocycles. The highest BCUT2D eigenvalue weighted by Crippen LogP contribution is 2.21. The predicted octanol–water partition coefficient (Wildman–Crippen LogP) is 3.44. The second-order valence-corrected chi connectivity index (χ2v) is 8.98. The van der Waals surface area contributed by atoms with E-state index in [2.05, 4.69) is 28.0 Å². The van der Waals surface area contributed by atoms with Crippen molar-refractivity contribution < 1.29 is 9.59 Å². The van der Waals surface area contributed by atoms with Crippen molar-refractivity contribution in [2.24, 2.45) is 0 Å². The molecule has 9 nitrogen and oxygen atoms in total. The van der Waals surface area contributed by atoms with Gasteiger partial charge in [0.1, 0.15) is 0 Å². The van der Waals surface area contributed by atoms with Gasteiger partial charge in [0.25, 0.3) is 11.5 Å². The number of aromatic nitrogens is 4. The number of amides is 2. The van der Waals surface area contributed by atoms with E-state index in [4.69, 9.17) is 11.6 Å². The van der Waals surface area contributed by atoms with Crippen LogP contribution >= 0.6 is 23.4 Å². The van der Waals surface area contributed by atoms with E-state index in [1.165, 1.54) is 11.8 Å². The van der Waals surface area contributed by atoms with Crippen LogP contribution in [-0.2, 0) is 11.3 Å². The zero-order chi connectivity index (χ0) is 24.1. The zero-order valence-electron chi connectivity index (χ0n) is 18.5. The third-order valence-electron chi connectivity index (χ3n) is 5.22. The van der Waals surface area contributed by atoms with E-state index in [-0.39, 0.29) is 11.3 Å². The lowest BCUT2D eigenvalue weighted by molar-refractivity contribution is -0.119. The number of unbranched alkanes of at least 4 members (excludes halogenated alkanes) is 2. The molecule has 11 heteroatoms. The Hall–Kier alpha value is -3.37. The molecule has 176 valence electrons. The summed E-state index contributed by atoms with van der Waals surface area (Å²) in [5.41, 5.74) is 5.71. The minimum absolute atomic E-state index is 0.00895. The molecule has 0 fully saturated rings. The fourth-order valence-electron chi connectivity index (χ4n) is 3.51. The Kier molecular flexibility index (Phi) is 7.49. The van der Waals surface area contributed by atoms with Crippen LogP contribution < -0.4 is 16.4 Å². The number of carbonyl (C=O) groups excluding carboxylic acids is 2. The number of fused-ring (bicyclic) bond motifs is 3. The van der Waals surface area contributed by atoms with E-state index in [0.717, 1.165) is 19.3 Å². The molecule has 4 rings (SSSR count). The van der Waals surface area contributed by atoms with E-state index in [1.807, 2.05) is 18.2 Å². The lowest BCUT2D eigenvalue weighted by Gasteiger charge is -2.11. The highest BCUT2D eigenvalue weighted by molar-refractivity contribution is 7.99. The molecule has 2 amide bonds. The summed E-state index contributed by atoms with van der Waals surface area (Å²) in [6, 6.07) is 13.6. The Morgan fingerprint density at radius 1 is 1.03 bits per heavy atom. The normalized spacial score (nSPS) is 11.1. The van der Waals surface area contributed by atoms with Gasteiger partial charge in [0.05, 0.1) is 16.7 Å². The van der Waals surface area contributed by atoms with Gasteiger partial charge in [-0.05, 0) is 42.8 Å². The molecule has 0 unspecified atom stereocenters.